The Labute approximate surface area is 89.6 Å². The standard InChI is InChI=1S/C10H19NO4/c1-10(2,3)15-9(14)11-5-4-7(12)8(13)6-11/h7-8,12-13H,4-6H2,1-3H3/t7-,8-/m0/s1. The smallest absolute Gasteiger partial charge is 0.410 e. The van der Waals surface area contributed by atoms with Gasteiger partial charge in [-0.1, -0.05) is 0 Å². The van der Waals surface area contributed by atoms with E-state index in [4.69, 9.17) is 4.74 Å². The molecule has 1 aliphatic heterocycles. The molecule has 2 N–H and O–H groups in total. The Kier molecular flexibility index (Phi) is 3.57. The van der Waals surface area contributed by atoms with E-state index in [0.717, 1.165) is 0 Å². The molecule has 1 fully saturated rings. The molecule has 1 amide bonds. The third-order valence-electron chi connectivity index (χ3n) is 2.20. The van der Waals surface area contributed by atoms with Crippen LogP contribution in [-0.2, 0) is 4.74 Å². The molecule has 0 unspecified atom stereocenters. The van der Waals surface area contributed by atoms with E-state index in [1.54, 1.807) is 20.8 Å². The number of piperidine rings is 1. The van der Waals surface area contributed by atoms with E-state index in [-0.39, 0.29) is 6.54 Å². The number of β-amino-alcohol motifs (C(OH)–C–C–N with tert-alkyl or cyclic N) is 1. The molecule has 5 heteroatoms. The third kappa shape index (κ3) is 3.68. The van der Waals surface area contributed by atoms with Crippen molar-refractivity contribution in [3.05, 3.63) is 0 Å². The number of likely N-dealkylation sites (tertiary alicyclic amines) is 1. The summed E-state index contributed by atoms with van der Waals surface area (Å²) in [6, 6.07) is 0. The Morgan fingerprint density at radius 2 is 1.93 bits per heavy atom. The molecular weight excluding hydrogens is 198 g/mol. The molecule has 0 aromatic carbocycles. The van der Waals surface area contributed by atoms with Gasteiger partial charge in [-0.25, -0.2) is 4.79 Å². The molecular formula is C10H19NO4. The van der Waals surface area contributed by atoms with Gasteiger partial charge in [-0.15, -0.1) is 0 Å². The first kappa shape index (κ1) is 12.3. The fraction of sp³-hybridized carbons (Fsp3) is 0.900. The second-order valence-electron chi connectivity index (χ2n) is 4.85. The van der Waals surface area contributed by atoms with E-state index in [9.17, 15) is 15.0 Å². The first-order chi connectivity index (χ1) is 6.79. The van der Waals surface area contributed by atoms with Crippen LogP contribution in [0.25, 0.3) is 0 Å². The highest BCUT2D eigenvalue weighted by Gasteiger charge is 2.31. The molecule has 5 nitrogen and oxygen atoms in total. The number of hydrogen-bond donors (Lipinski definition) is 2. The summed E-state index contributed by atoms with van der Waals surface area (Å²) >= 11 is 0. The molecule has 0 spiro atoms. The van der Waals surface area contributed by atoms with Crippen LogP contribution >= 0.6 is 0 Å². The second-order valence-corrected chi connectivity index (χ2v) is 4.85. The highest BCUT2D eigenvalue weighted by Crippen LogP contribution is 2.15. The first-order valence-corrected chi connectivity index (χ1v) is 5.13. The molecule has 1 saturated heterocycles. The molecule has 0 radical (unpaired) electrons. The molecule has 1 rings (SSSR count). The van der Waals surface area contributed by atoms with Crippen LogP contribution in [0.2, 0.25) is 0 Å². The Hall–Kier alpha value is -0.810. The maximum absolute atomic E-state index is 11.6. The van der Waals surface area contributed by atoms with Crippen LogP contribution < -0.4 is 0 Å². The summed E-state index contributed by atoms with van der Waals surface area (Å²) in [5, 5.41) is 18.7. The Morgan fingerprint density at radius 1 is 1.33 bits per heavy atom. The lowest BCUT2D eigenvalue weighted by molar-refractivity contribution is -0.0468. The maximum Gasteiger partial charge on any atom is 0.410 e. The van der Waals surface area contributed by atoms with Gasteiger partial charge in [0.15, 0.2) is 0 Å². The zero-order valence-corrected chi connectivity index (χ0v) is 9.43. The van der Waals surface area contributed by atoms with E-state index in [1.807, 2.05) is 0 Å². The molecule has 2 atom stereocenters. The van der Waals surface area contributed by atoms with Crippen molar-refractivity contribution in [1.82, 2.24) is 4.90 Å². The molecule has 1 heterocycles. The van der Waals surface area contributed by atoms with Crippen molar-refractivity contribution >= 4 is 6.09 Å². The molecule has 0 saturated carbocycles. The van der Waals surface area contributed by atoms with E-state index < -0.39 is 23.9 Å². The van der Waals surface area contributed by atoms with Gasteiger partial charge in [-0.2, -0.15) is 0 Å². The summed E-state index contributed by atoms with van der Waals surface area (Å²) in [7, 11) is 0. The number of nitrogens with zero attached hydrogens (tertiary/aromatic N) is 1. The average molecular weight is 217 g/mol. The normalized spacial score (nSPS) is 27.7. The number of rotatable bonds is 0. The number of ether oxygens (including phenoxy) is 1. The largest absolute Gasteiger partial charge is 0.444 e. The fourth-order valence-corrected chi connectivity index (χ4v) is 1.41. The van der Waals surface area contributed by atoms with Crippen LogP contribution in [0.3, 0.4) is 0 Å². The summed E-state index contributed by atoms with van der Waals surface area (Å²) in [4.78, 5) is 13.0. The molecule has 0 aromatic rings. The number of hydrogen-bond acceptors (Lipinski definition) is 4. The summed E-state index contributed by atoms with van der Waals surface area (Å²) in [5.74, 6) is 0. The fourth-order valence-electron chi connectivity index (χ4n) is 1.41. The zero-order chi connectivity index (χ0) is 11.6. The SMILES string of the molecule is CC(C)(C)OC(=O)N1CC[C@H](O)[C@@H](O)C1. The van der Waals surface area contributed by atoms with Crippen molar-refractivity contribution in [3.63, 3.8) is 0 Å². The minimum Gasteiger partial charge on any atom is -0.444 e. The van der Waals surface area contributed by atoms with Crippen molar-refractivity contribution in [2.75, 3.05) is 13.1 Å². The minimum atomic E-state index is -0.869. The van der Waals surface area contributed by atoms with Crippen molar-refractivity contribution < 1.29 is 19.7 Å². The molecule has 88 valence electrons. The monoisotopic (exact) mass is 217 g/mol. The number of amides is 1. The van der Waals surface area contributed by atoms with Crippen molar-refractivity contribution in [2.24, 2.45) is 0 Å². The van der Waals surface area contributed by atoms with Crippen LogP contribution in [0.5, 0.6) is 0 Å². The topological polar surface area (TPSA) is 70.0 Å². The van der Waals surface area contributed by atoms with Gasteiger partial charge in [0.2, 0.25) is 0 Å². The van der Waals surface area contributed by atoms with Crippen LogP contribution in [-0.4, -0.2) is 52.1 Å². The first-order valence-electron chi connectivity index (χ1n) is 5.13. The lowest BCUT2D eigenvalue weighted by atomic mass is 10.1. The number of aliphatic hydroxyl groups is 2. The summed E-state index contributed by atoms with van der Waals surface area (Å²) < 4.78 is 5.15. The number of aliphatic hydroxyl groups excluding tert-OH is 2. The van der Waals surface area contributed by atoms with Gasteiger partial charge in [-0.05, 0) is 27.2 Å². The summed E-state index contributed by atoms with van der Waals surface area (Å²) in [6.07, 6.45) is -1.65. The molecule has 0 bridgehead atoms. The molecule has 0 aliphatic carbocycles. The molecule has 15 heavy (non-hydrogen) atoms. The van der Waals surface area contributed by atoms with Crippen molar-refractivity contribution in [3.8, 4) is 0 Å². The van der Waals surface area contributed by atoms with Gasteiger partial charge in [0.05, 0.1) is 18.8 Å². The van der Waals surface area contributed by atoms with Crippen LogP contribution in [0.15, 0.2) is 0 Å². The Morgan fingerprint density at radius 3 is 2.40 bits per heavy atom. The van der Waals surface area contributed by atoms with Crippen LogP contribution in [0, 0.1) is 0 Å². The van der Waals surface area contributed by atoms with E-state index in [0.29, 0.717) is 13.0 Å². The average Bonchev–Trinajstić information content (AvgIpc) is 2.06. The van der Waals surface area contributed by atoms with E-state index >= 15 is 0 Å². The number of carbonyl (C=O) groups is 1. The van der Waals surface area contributed by atoms with Gasteiger partial charge in [0.1, 0.15) is 5.60 Å². The lowest BCUT2D eigenvalue weighted by Crippen LogP contribution is -2.50. The quantitative estimate of drug-likeness (QED) is 0.614. The predicted molar refractivity (Wildman–Crippen MR) is 54.4 cm³/mol. The van der Waals surface area contributed by atoms with Crippen LogP contribution in [0.1, 0.15) is 27.2 Å². The Balaban J connectivity index is 2.48. The minimum absolute atomic E-state index is 0.135. The molecule has 0 aromatic heterocycles. The summed E-state index contributed by atoms with van der Waals surface area (Å²) in [6.45, 7) is 5.93. The highest BCUT2D eigenvalue weighted by molar-refractivity contribution is 5.68. The van der Waals surface area contributed by atoms with Crippen LogP contribution in [0.4, 0.5) is 4.79 Å². The van der Waals surface area contributed by atoms with Gasteiger partial charge in [0, 0.05) is 6.54 Å². The van der Waals surface area contributed by atoms with Gasteiger partial charge >= 0.3 is 6.09 Å². The van der Waals surface area contributed by atoms with Crippen molar-refractivity contribution in [1.29, 1.82) is 0 Å². The highest BCUT2D eigenvalue weighted by atomic mass is 16.6. The maximum atomic E-state index is 11.6. The third-order valence-corrected chi connectivity index (χ3v) is 2.20. The van der Waals surface area contributed by atoms with E-state index in [2.05, 4.69) is 0 Å². The van der Waals surface area contributed by atoms with Gasteiger partial charge in [0.25, 0.3) is 0 Å². The number of carbonyl (C=O) groups excluding carboxylic acids is 1. The van der Waals surface area contributed by atoms with Gasteiger partial charge in [-0.3, -0.25) is 0 Å². The zero-order valence-electron chi connectivity index (χ0n) is 9.43. The second kappa shape index (κ2) is 4.37. The molecule has 1 aliphatic rings. The predicted octanol–water partition coefficient (Wildman–Crippen LogP) is 0.349. The van der Waals surface area contributed by atoms with Gasteiger partial charge < -0.3 is 19.8 Å². The van der Waals surface area contributed by atoms with E-state index in [1.165, 1.54) is 4.90 Å². The summed E-state index contributed by atoms with van der Waals surface area (Å²) in [5.41, 5.74) is -0.530. The Bertz CT molecular complexity index is 236. The van der Waals surface area contributed by atoms with Crippen molar-refractivity contribution in [2.45, 2.75) is 45.0 Å². The lowest BCUT2D eigenvalue weighted by Gasteiger charge is -2.34.